The Balaban J connectivity index is 1.18. The summed E-state index contributed by atoms with van der Waals surface area (Å²) >= 11 is 0. The van der Waals surface area contributed by atoms with Crippen LogP contribution in [0.3, 0.4) is 0 Å². The Morgan fingerprint density at radius 3 is 2.39 bits per heavy atom. The number of ether oxygens (including phenoxy) is 1. The lowest BCUT2D eigenvalue weighted by Crippen LogP contribution is -2.59. The minimum Gasteiger partial charge on any atom is -0.497 e. The van der Waals surface area contributed by atoms with Gasteiger partial charge >= 0.3 is 0 Å². The van der Waals surface area contributed by atoms with Crippen molar-refractivity contribution in [2.45, 2.75) is 56.9 Å². The summed E-state index contributed by atoms with van der Waals surface area (Å²) < 4.78 is 10.5. The van der Waals surface area contributed by atoms with Crippen LogP contribution in [0.2, 0.25) is 0 Å². The van der Waals surface area contributed by atoms with Crippen LogP contribution in [-0.4, -0.2) is 28.7 Å². The van der Waals surface area contributed by atoms with Gasteiger partial charge in [-0.05, 0) is 80.5 Å². The molecule has 2 aromatic rings. The second-order valence-corrected chi connectivity index (χ2v) is 8.99. The monoisotopic (exact) mass is 381 g/mol. The van der Waals surface area contributed by atoms with E-state index in [2.05, 4.69) is 15.5 Å². The smallest absolute Gasteiger partial charge is 0.227 e. The third-order valence-electron chi connectivity index (χ3n) is 6.83. The molecule has 4 saturated carbocycles. The number of amides is 1. The fraction of sp³-hybridized carbons (Fsp3) is 0.591. The number of benzene rings is 1. The van der Waals surface area contributed by atoms with Crippen molar-refractivity contribution in [1.82, 2.24) is 15.5 Å². The Labute approximate surface area is 165 Å². The Hall–Kier alpha value is -2.37. The zero-order valence-electron chi connectivity index (χ0n) is 16.3. The van der Waals surface area contributed by atoms with E-state index in [0.29, 0.717) is 24.6 Å². The fourth-order valence-electron chi connectivity index (χ4n) is 6.06. The summed E-state index contributed by atoms with van der Waals surface area (Å²) in [7, 11) is 1.63. The topological polar surface area (TPSA) is 77.2 Å². The van der Waals surface area contributed by atoms with E-state index < -0.39 is 0 Å². The molecule has 6 nitrogen and oxygen atoms in total. The van der Waals surface area contributed by atoms with Crippen LogP contribution in [0.1, 0.15) is 50.8 Å². The molecule has 1 N–H and O–H groups in total. The van der Waals surface area contributed by atoms with Gasteiger partial charge in [-0.2, -0.15) is 4.98 Å². The van der Waals surface area contributed by atoms with E-state index in [0.717, 1.165) is 29.1 Å². The number of nitrogens with zero attached hydrogens (tertiary/aromatic N) is 2. The molecule has 1 aromatic carbocycles. The van der Waals surface area contributed by atoms with Gasteiger partial charge in [0.25, 0.3) is 0 Å². The summed E-state index contributed by atoms with van der Waals surface area (Å²) in [4.78, 5) is 17.1. The number of hydrogen-bond acceptors (Lipinski definition) is 5. The average Bonchev–Trinajstić information content (AvgIpc) is 3.14. The Morgan fingerprint density at radius 1 is 1.14 bits per heavy atom. The molecule has 28 heavy (non-hydrogen) atoms. The van der Waals surface area contributed by atoms with E-state index in [1.165, 1.54) is 38.5 Å². The Bertz CT molecular complexity index is 823. The van der Waals surface area contributed by atoms with Crippen LogP contribution >= 0.6 is 0 Å². The predicted octanol–water partition coefficient (Wildman–Crippen LogP) is 3.76. The number of rotatable bonds is 6. The zero-order chi connectivity index (χ0) is 19.1. The van der Waals surface area contributed by atoms with E-state index >= 15 is 0 Å². The number of nitrogens with one attached hydrogen (secondary N) is 1. The van der Waals surface area contributed by atoms with Gasteiger partial charge < -0.3 is 14.6 Å². The summed E-state index contributed by atoms with van der Waals surface area (Å²) in [5, 5.41) is 7.44. The molecule has 6 heteroatoms. The predicted molar refractivity (Wildman–Crippen MR) is 104 cm³/mol. The standard InChI is InChI=1S/C22H27N3O3/c1-27-18-4-2-17(3-5-18)21-23-20(28-25-21)7-6-19(26)24-22-11-14-8-15(12-22)10-16(9-14)13-22/h2-5,14-16H,6-13H2,1H3,(H,24,26). The van der Waals surface area contributed by atoms with E-state index in [9.17, 15) is 4.79 Å². The van der Waals surface area contributed by atoms with Crippen LogP contribution < -0.4 is 10.1 Å². The number of carbonyl (C=O) groups is 1. The Kier molecular flexibility index (Phi) is 4.37. The van der Waals surface area contributed by atoms with Crippen LogP contribution in [0.4, 0.5) is 0 Å². The second kappa shape index (κ2) is 6.90. The second-order valence-electron chi connectivity index (χ2n) is 8.99. The van der Waals surface area contributed by atoms with Crippen molar-refractivity contribution < 1.29 is 14.1 Å². The molecule has 0 spiro atoms. The lowest BCUT2D eigenvalue weighted by molar-refractivity contribution is -0.126. The minimum absolute atomic E-state index is 0.0644. The molecular weight excluding hydrogens is 354 g/mol. The van der Waals surface area contributed by atoms with E-state index in [-0.39, 0.29) is 11.4 Å². The summed E-state index contributed by atoms with van der Waals surface area (Å²) in [6.07, 6.45) is 8.53. The van der Waals surface area contributed by atoms with Crippen molar-refractivity contribution >= 4 is 5.91 Å². The summed E-state index contributed by atoms with van der Waals surface area (Å²) in [5.74, 6) is 4.43. The minimum atomic E-state index is 0.0644. The molecule has 0 radical (unpaired) electrons. The van der Waals surface area contributed by atoms with Gasteiger partial charge in [-0.1, -0.05) is 5.16 Å². The van der Waals surface area contributed by atoms with Gasteiger partial charge in [0.2, 0.25) is 17.6 Å². The van der Waals surface area contributed by atoms with Crippen LogP contribution in [-0.2, 0) is 11.2 Å². The zero-order valence-corrected chi connectivity index (χ0v) is 16.3. The van der Waals surface area contributed by atoms with Crippen LogP contribution in [0, 0.1) is 17.8 Å². The van der Waals surface area contributed by atoms with Gasteiger partial charge in [0, 0.05) is 23.9 Å². The molecular formula is C22H27N3O3. The molecule has 4 aliphatic carbocycles. The molecule has 4 fully saturated rings. The van der Waals surface area contributed by atoms with E-state index in [1.54, 1.807) is 7.11 Å². The molecule has 148 valence electrons. The number of methoxy groups -OCH3 is 1. The van der Waals surface area contributed by atoms with Crippen LogP contribution in [0.25, 0.3) is 11.4 Å². The SMILES string of the molecule is COc1ccc(-c2noc(CCC(=O)NC34CC5CC(CC(C5)C3)C4)n2)cc1. The van der Waals surface area contributed by atoms with Gasteiger partial charge in [0.1, 0.15) is 5.75 Å². The third-order valence-corrected chi connectivity index (χ3v) is 6.83. The molecule has 1 aromatic heterocycles. The van der Waals surface area contributed by atoms with E-state index in [4.69, 9.17) is 9.26 Å². The lowest BCUT2D eigenvalue weighted by Gasteiger charge is -2.56. The molecule has 0 saturated heterocycles. The highest BCUT2D eigenvalue weighted by Crippen LogP contribution is 2.55. The molecule has 4 bridgehead atoms. The van der Waals surface area contributed by atoms with Gasteiger partial charge in [-0.25, -0.2) is 0 Å². The highest BCUT2D eigenvalue weighted by molar-refractivity contribution is 5.77. The number of carbonyl (C=O) groups excluding carboxylic acids is 1. The maximum absolute atomic E-state index is 12.6. The normalized spacial score (nSPS) is 30.4. The lowest BCUT2D eigenvalue weighted by atomic mass is 9.53. The van der Waals surface area contributed by atoms with Gasteiger partial charge in [-0.15, -0.1) is 0 Å². The van der Waals surface area contributed by atoms with Crippen molar-refractivity contribution in [3.8, 4) is 17.1 Å². The van der Waals surface area contributed by atoms with Crippen LogP contribution in [0.15, 0.2) is 28.8 Å². The fourth-order valence-corrected chi connectivity index (χ4v) is 6.06. The molecule has 4 aliphatic rings. The van der Waals surface area contributed by atoms with Gasteiger partial charge in [-0.3, -0.25) is 4.79 Å². The van der Waals surface area contributed by atoms with Gasteiger partial charge in [0.05, 0.1) is 7.11 Å². The van der Waals surface area contributed by atoms with Gasteiger partial charge in [0.15, 0.2) is 0 Å². The first-order valence-corrected chi connectivity index (χ1v) is 10.4. The van der Waals surface area contributed by atoms with Crippen molar-refractivity contribution in [2.75, 3.05) is 7.11 Å². The van der Waals surface area contributed by atoms with Crippen molar-refractivity contribution in [2.24, 2.45) is 17.8 Å². The third kappa shape index (κ3) is 3.40. The summed E-state index contributed by atoms with van der Waals surface area (Å²) in [6, 6.07) is 7.52. The number of aryl methyl sites for hydroxylation is 1. The largest absolute Gasteiger partial charge is 0.497 e. The molecule has 1 amide bonds. The molecule has 0 unspecified atom stereocenters. The summed E-state index contributed by atoms with van der Waals surface area (Å²) in [5.41, 5.74) is 0.934. The number of aromatic nitrogens is 2. The van der Waals surface area contributed by atoms with Crippen molar-refractivity contribution in [1.29, 1.82) is 0 Å². The van der Waals surface area contributed by atoms with Crippen molar-refractivity contribution in [3.63, 3.8) is 0 Å². The molecule has 0 aliphatic heterocycles. The summed E-state index contributed by atoms with van der Waals surface area (Å²) in [6.45, 7) is 0. The molecule has 0 atom stereocenters. The first kappa shape index (κ1) is 17.7. The van der Waals surface area contributed by atoms with Crippen LogP contribution in [0.5, 0.6) is 5.75 Å². The van der Waals surface area contributed by atoms with Crippen molar-refractivity contribution in [3.05, 3.63) is 30.2 Å². The highest BCUT2D eigenvalue weighted by Gasteiger charge is 2.51. The molecule has 6 rings (SSSR count). The Morgan fingerprint density at radius 2 is 1.79 bits per heavy atom. The molecule has 1 heterocycles. The first-order valence-electron chi connectivity index (χ1n) is 10.4. The number of hydrogen-bond donors (Lipinski definition) is 1. The first-order chi connectivity index (χ1) is 13.6. The maximum Gasteiger partial charge on any atom is 0.227 e. The quantitative estimate of drug-likeness (QED) is 0.824. The highest BCUT2D eigenvalue weighted by atomic mass is 16.5. The van der Waals surface area contributed by atoms with E-state index in [1.807, 2.05) is 24.3 Å². The average molecular weight is 381 g/mol. The maximum atomic E-state index is 12.6.